The lowest BCUT2D eigenvalue weighted by molar-refractivity contribution is 0.0464. The molecule has 1 aliphatic carbocycles. The Balaban J connectivity index is 1.61. The number of aliphatic hydroxyl groups excluding tert-OH is 1. The summed E-state index contributed by atoms with van der Waals surface area (Å²) < 4.78 is 5.34. The van der Waals surface area contributed by atoms with Crippen LogP contribution in [0.4, 0.5) is 0 Å². The molecular formula is C15H30N2O2. The summed E-state index contributed by atoms with van der Waals surface area (Å²) in [6.07, 6.45) is 8.58. The molecule has 0 aromatic heterocycles. The number of piperazine rings is 1. The van der Waals surface area contributed by atoms with Crippen molar-refractivity contribution in [1.82, 2.24) is 9.80 Å². The van der Waals surface area contributed by atoms with Crippen molar-refractivity contribution in [3.05, 3.63) is 0 Å². The molecule has 19 heavy (non-hydrogen) atoms. The van der Waals surface area contributed by atoms with Gasteiger partial charge in [0.15, 0.2) is 0 Å². The number of hydrogen-bond donors (Lipinski definition) is 1. The van der Waals surface area contributed by atoms with Crippen LogP contribution in [0.25, 0.3) is 0 Å². The first-order valence-electron chi connectivity index (χ1n) is 8.05. The monoisotopic (exact) mass is 270 g/mol. The molecular weight excluding hydrogens is 240 g/mol. The standard InChI is InChI=1S/C15H30N2O2/c18-12-14-19-13-11-16-7-9-17(10-8-16)15-5-3-1-2-4-6-15/h15,18H,1-14H2. The van der Waals surface area contributed by atoms with Crippen molar-refractivity contribution in [2.45, 2.75) is 44.6 Å². The lowest BCUT2D eigenvalue weighted by Crippen LogP contribution is -2.50. The zero-order valence-electron chi connectivity index (χ0n) is 12.2. The van der Waals surface area contributed by atoms with Gasteiger partial charge < -0.3 is 9.84 Å². The Hall–Kier alpha value is -0.160. The summed E-state index contributed by atoms with van der Waals surface area (Å²) in [5.41, 5.74) is 0. The lowest BCUT2D eigenvalue weighted by Gasteiger charge is -2.39. The van der Waals surface area contributed by atoms with Crippen molar-refractivity contribution < 1.29 is 9.84 Å². The van der Waals surface area contributed by atoms with Crippen LogP contribution in [0.15, 0.2) is 0 Å². The molecule has 1 saturated carbocycles. The third-order valence-corrected chi connectivity index (χ3v) is 4.54. The Bertz CT molecular complexity index is 222. The molecule has 0 spiro atoms. The molecule has 2 fully saturated rings. The fourth-order valence-corrected chi connectivity index (χ4v) is 3.34. The number of aliphatic hydroxyl groups is 1. The van der Waals surface area contributed by atoms with E-state index in [0.717, 1.165) is 19.2 Å². The van der Waals surface area contributed by atoms with Crippen LogP contribution in [0.1, 0.15) is 38.5 Å². The number of ether oxygens (including phenoxy) is 1. The van der Waals surface area contributed by atoms with Crippen LogP contribution in [0.5, 0.6) is 0 Å². The van der Waals surface area contributed by atoms with E-state index in [9.17, 15) is 0 Å². The molecule has 1 N–H and O–H groups in total. The van der Waals surface area contributed by atoms with E-state index < -0.39 is 0 Å². The largest absolute Gasteiger partial charge is 0.394 e. The molecule has 1 heterocycles. The minimum absolute atomic E-state index is 0.134. The van der Waals surface area contributed by atoms with E-state index in [0.29, 0.717) is 6.61 Å². The predicted octanol–water partition coefficient (Wildman–Crippen LogP) is 1.34. The number of rotatable bonds is 6. The lowest BCUT2D eigenvalue weighted by atomic mass is 10.1. The quantitative estimate of drug-likeness (QED) is 0.583. The number of hydrogen-bond acceptors (Lipinski definition) is 4. The minimum Gasteiger partial charge on any atom is -0.394 e. The van der Waals surface area contributed by atoms with Crippen LogP contribution in [0.3, 0.4) is 0 Å². The fourth-order valence-electron chi connectivity index (χ4n) is 3.34. The van der Waals surface area contributed by atoms with Crippen molar-refractivity contribution in [3.63, 3.8) is 0 Å². The van der Waals surface area contributed by atoms with Gasteiger partial charge in [-0.05, 0) is 12.8 Å². The van der Waals surface area contributed by atoms with Crippen LogP contribution in [-0.2, 0) is 4.74 Å². The Labute approximate surface area is 117 Å². The Morgan fingerprint density at radius 1 is 0.895 bits per heavy atom. The van der Waals surface area contributed by atoms with Crippen molar-refractivity contribution in [3.8, 4) is 0 Å². The van der Waals surface area contributed by atoms with Gasteiger partial charge in [0.05, 0.1) is 19.8 Å². The Morgan fingerprint density at radius 3 is 2.21 bits per heavy atom. The van der Waals surface area contributed by atoms with Crippen molar-refractivity contribution >= 4 is 0 Å². The smallest absolute Gasteiger partial charge is 0.0698 e. The van der Waals surface area contributed by atoms with Gasteiger partial charge in [-0.2, -0.15) is 0 Å². The van der Waals surface area contributed by atoms with Gasteiger partial charge in [0, 0.05) is 38.8 Å². The van der Waals surface area contributed by atoms with Crippen LogP contribution >= 0.6 is 0 Å². The van der Waals surface area contributed by atoms with E-state index in [-0.39, 0.29) is 6.61 Å². The Kier molecular flexibility index (Phi) is 7.14. The van der Waals surface area contributed by atoms with Gasteiger partial charge in [0.25, 0.3) is 0 Å². The first kappa shape index (κ1) is 15.2. The molecule has 4 nitrogen and oxygen atoms in total. The summed E-state index contributed by atoms with van der Waals surface area (Å²) in [7, 11) is 0. The highest BCUT2D eigenvalue weighted by molar-refractivity contribution is 4.80. The molecule has 0 bridgehead atoms. The summed E-state index contributed by atoms with van der Waals surface area (Å²) in [5, 5.41) is 8.66. The van der Waals surface area contributed by atoms with Gasteiger partial charge >= 0.3 is 0 Å². The maximum Gasteiger partial charge on any atom is 0.0698 e. The van der Waals surface area contributed by atoms with E-state index in [1.54, 1.807) is 0 Å². The third-order valence-electron chi connectivity index (χ3n) is 4.54. The molecule has 0 aromatic carbocycles. The molecule has 0 atom stereocenters. The van der Waals surface area contributed by atoms with Crippen LogP contribution < -0.4 is 0 Å². The highest BCUT2D eigenvalue weighted by Gasteiger charge is 2.24. The van der Waals surface area contributed by atoms with Crippen LogP contribution in [0.2, 0.25) is 0 Å². The average Bonchev–Trinajstić information content (AvgIpc) is 2.73. The maximum atomic E-state index is 8.66. The summed E-state index contributed by atoms with van der Waals surface area (Å²) in [6, 6.07) is 0.857. The van der Waals surface area contributed by atoms with Gasteiger partial charge in [-0.15, -0.1) is 0 Å². The summed E-state index contributed by atoms with van der Waals surface area (Å²) in [5.74, 6) is 0. The molecule has 4 heteroatoms. The van der Waals surface area contributed by atoms with E-state index in [2.05, 4.69) is 9.80 Å². The van der Waals surface area contributed by atoms with Crippen LogP contribution in [0, 0.1) is 0 Å². The third kappa shape index (κ3) is 5.38. The zero-order valence-corrected chi connectivity index (χ0v) is 12.2. The van der Waals surface area contributed by atoms with Gasteiger partial charge in [-0.1, -0.05) is 25.7 Å². The molecule has 2 aliphatic rings. The van der Waals surface area contributed by atoms with E-state index >= 15 is 0 Å². The fraction of sp³-hybridized carbons (Fsp3) is 1.00. The second-order valence-electron chi connectivity index (χ2n) is 5.86. The first-order chi connectivity index (χ1) is 9.40. The van der Waals surface area contributed by atoms with Gasteiger partial charge in [-0.25, -0.2) is 0 Å². The number of nitrogens with zero attached hydrogens (tertiary/aromatic N) is 2. The van der Waals surface area contributed by atoms with E-state index in [1.807, 2.05) is 0 Å². The van der Waals surface area contributed by atoms with Crippen LogP contribution in [-0.4, -0.2) is 73.5 Å². The van der Waals surface area contributed by atoms with Gasteiger partial charge in [0.1, 0.15) is 0 Å². The molecule has 0 aromatic rings. The first-order valence-corrected chi connectivity index (χ1v) is 8.05. The van der Waals surface area contributed by atoms with Gasteiger partial charge in [0.2, 0.25) is 0 Å². The molecule has 112 valence electrons. The summed E-state index contributed by atoms with van der Waals surface area (Å²) >= 11 is 0. The van der Waals surface area contributed by atoms with E-state index in [1.165, 1.54) is 64.7 Å². The molecule has 1 saturated heterocycles. The predicted molar refractivity (Wildman–Crippen MR) is 77.4 cm³/mol. The minimum atomic E-state index is 0.134. The van der Waals surface area contributed by atoms with Crippen molar-refractivity contribution in [2.24, 2.45) is 0 Å². The van der Waals surface area contributed by atoms with E-state index in [4.69, 9.17) is 9.84 Å². The average molecular weight is 270 g/mol. The highest BCUT2D eigenvalue weighted by Crippen LogP contribution is 2.22. The topological polar surface area (TPSA) is 35.9 Å². The maximum absolute atomic E-state index is 8.66. The Morgan fingerprint density at radius 2 is 1.58 bits per heavy atom. The molecule has 0 amide bonds. The zero-order chi connectivity index (χ0) is 13.3. The second-order valence-corrected chi connectivity index (χ2v) is 5.86. The second kappa shape index (κ2) is 8.90. The van der Waals surface area contributed by atoms with Gasteiger partial charge in [-0.3, -0.25) is 9.80 Å². The summed E-state index contributed by atoms with van der Waals surface area (Å²) in [4.78, 5) is 5.21. The molecule has 0 unspecified atom stereocenters. The van der Waals surface area contributed by atoms with Crippen molar-refractivity contribution in [1.29, 1.82) is 0 Å². The highest BCUT2D eigenvalue weighted by atomic mass is 16.5. The molecule has 2 rings (SSSR count). The molecule has 1 aliphatic heterocycles. The molecule has 0 radical (unpaired) electrons. The SMILES string of the molecule is OCCOCCN1CCN(C2CCCCCC2)CC1. The van der Waals surface area contributed by atoms with Crippen molar-refractivity contribution in [2.75, 3.05) is 52.5 Å². The summed E-state index contributed by atoms with van der Waals surface area (Å²) in [6.45, 7) is 7.19. The normalized spacial score (nSPS) is 24.5.